The van der Waals surface area contributed by atoms with Gasteiger partial charge < -0.3 is 11.1 Å². The summed E-state index contributed by atoms with van der Waals surface area (Å²) in [6.07, 6.45) is 0. The van der Waals surface area contributed by atoms with Crippen molar-refractivity contribution >= 4 is 44.8 Å². The van der Waals surface area contributed by atoms with Crippen molar-refractivity contribution < 1.29 is 4.79 Å². The summed E-state index contributed by atoms with van der Waals surface area (Å²) in [5, 5.41) is 3.18. The van der Waals surface area contributed by atoms with E-state index in [-0.39, 0.29) is 5.91 Å². The maximum Gasteiger partial charge on any atom is 0.257 e. The van der Waals surface area contributed by atoms with E-state index in [9.17, 15) is 4.79 Å². The molecule has 0 bridgehead atoms. The van der Waals surface area contributed by atoms with Gasteiger partial charge >= 0.3 is 0 Å². The van der Waals surface area contributed by atoms with Gasteiger partial charge in [0, 0.05) is 4.47 Å². The smallest absolute Gasteiger partial charge is 0.257 e. The van der Waals surface area contributed by atoms with Crippen molar-refractivity contribution in [1.29, 1.82) is 0 Å². The van der Waals surface area contributed by atoms with Crippen molar-refractivity contribution in [3.8, 4) is 0 Å². The summed E-state index contributed by atoms with van der Waals surface area (Å²) in [7, 11) is 0. The Labute approximate surface area is 124 Å². The van der Waals surface area contributed by atoms with Crippen LogP contribution in [-0.2, 0) is 0 Å². The van der Waals surface area contributed by atoms with Gasteiger partial charge in [0.1, 0.15) is 0 Å². The Kier molecular flexibility index (Phi) is 4.12. The first-order chi connectivity index (χ1) is 9.00. The second-order valence-corrected chi connectivity index (χ2v) is 5.33. The summed E-state index contributed by atoms with van der Waals surface area (Å²) >= 11 is 9.39. The first-order valence-electron chi connectivity index (χ1n) is 5.61. The van der Waals surface area contributed by atoms with Crippen molar-refractivity contribution in [2.24, 2.45) is 0 Å². The van der Waals surface area contributed by atoms with E-state index >= 15 is 0 Å². The predicted molar refractivity (Wildman–Crippen MR) is 82.7 cm³/mol. The van der Waals surface area contributed by atoms with E-state index in [0.717, 1.165) is 5.56 Å². The van der Waals surface area contributed by atoms with Gasteiger partial charge in [-0.3, -0.25) is 4.79 Å². The van der Waals surface area contributed by atoms with E-state index in [1.54, 1.807) is 24.3 Å². The molecule has 2 aromatic rings. The molecule has 0 heterocycles. The summed E-state index contributed by atoms with van der Waals surface area (Å²) in [4.78, 5) is 12.2. The quantitative estimate of drug-likeness (QED) is 0.804. The lowest BCUT2D eigenvalue weighted by Gasteiger charge is -2.12. The Morgan fingerprint density at radius 3 is 2.63 bits per heavy atom. The van der Waals surface area contributed by atoms with E-state index in [0.29, 0.717) is 26.4 Å². The molecule has 0 fully saturated rings. The van der Waals surface area contributed by atoms with E-state index in [1.165, 1.54) is 0 Å². The molecule has 0 atom stereocenters. The molecule has 0 saturated heterocycles. The number of anilines is 2. The van der Waals surface area contributed by atoms with Crippen LogP contribution >= 0.6 is 27.5 Å². The highest BCUT2D eigenvalue weighted by atomic mass is 79.9. The fourth-order valence-electron chi connectivity index (χ4n) is 1.72. The first kappa shape index (κ1) is 13.9. The van der Waals surface area contributed by atoms with Crippen LogP contribution in [0, 0.1) is 6.92 Å². The van der Waals surface area contributed by atoms with Crippen LogP contribution in [0.5, 0.6) is 0 Å². The average molecular weight is 340 g/mol. The standard InChI is InChI=1S/C14H12BrClN2O/c1-8-4-2-7-11(17)13(8)18-14(19)9-5-3-6-10(15)12(9)16/h2-7H,17H2,1H3,(H,18,19). The normalized spacial score (nSPS) is 10.3. The summed E-state index contributed by atoms with van der Waals surface area (Å²) in [6, 6.07) is 10.7. The molecule has 0 aromatic heterocycles. The number of benzene rings is 2. The molecule has 3 N–H and O–H groups in total. The van der Waals surface area contributed by atoms with Gasteiger partial charge in [-0.15, -0.1) is 0 Å². The fourth-order valence-corrected chi connectivity index (χ4v) is 2.30. The largest absolute Gasteiger partial charge is 0.397 e. The number of aryl methyl sites for hydroxylation is 1. The van der Waals surface area contributed by atoms with Gasteiger partial charge in [0.2, 0.25) is 0 Å². The highest BCUT2D eigenvalue weighted by molar-refractivity contribution is 9.10. The maximum absolute atomic E-state index is 12.2. The molecule has 0 radical (unpaired) electrons. The number of hydrogen-bond acceptors (Lipinski definition) is 2. The van der Waals surface area contributed by atoms with Crippen LogP contribution in [0.25, 0.3) is 0 Å². The number of amides is 1. The summed E-state index contributed by atoms with van der Waals surface area (Å²) < 4.78 is 0.680. The van der Waals surface area contributed by atoms with Crippen molar-refractivity contribution in [2.45, 2.75) is 6.92 Å². The number of para-hydroxylation sites is 1. The fraction of sp³-hybridized carbons (Fsp3) is 0.0714. The van der Waals surface area contributed by atoms with Crippen molar-refractivity contribution in [1.82, 2.24) is 0 Å². The highest BCUT2D eigenvalue weighted by Crippen LogP contribution is 2.28. The molecule has 2 rings (SSSR count). The van der Waals surface area contributed by atoms with Crippen LogP contribution in [-0.4, -0.2) is 5.91 Å². The van der Waals surface area contributed by atoms with Crippen molar-refractivity contribution in [3.63, 3.8) is 0 Å². The predicted octanol–water partition coefficient (Wildman–Crippen LogP) is 4.25. The topological polar surface area (TPSA) is 55.1 Å². The second-order valence-electron chi connectivity index (χ2n) is 4.09. The van der Waals surface area contributed by atoms with E-state index in [1.807, 2.05) is 19.1 Å². The molecule has 0 spiro atoms. The molecule has 0 aliphatic heterocycles. The van der Waals surface area contributed by atoms with E-state index in [2.05, 4.69) is 21.2 Å². The highest BCUT2D eigenvalue weighted by Gasteiger charge is 2.14. The van der Waals surface area contributed by atoms with Crippen LogP contribution in [0.3, 0.4) is 0 Å². The molecule has 0 aliphatic rings. The van der Waals surface area contributed by atoms with E-state index in [4.69, 9.17) is 17.3 Å². The maximum atomic E-state index is 12.2. The number of halogens is 2. The van der Waals surface area contributed by atoms with Gasteiger partial charge in [-0.25, -0.2) is 0 Å². The number of hydrogen-bond donors (Lipinski definition) is 2. The molecule has 0 saturated carbocycles. The van der Waals surface area contributed by atoms with Gasteiger partial charge in [-0.2, -0.15) is 0 Å². The zero-order valence-electron chi connectivity index (χ0n) is 10.2. The Morgan fingerprint density at radius 1 is 1.26 bits per heavy atom. The van der Waals surface area contributed by atoms with Crippen LogP contribution in [0.15, 0.2) is 40.9 Å². The van der Waals surface area contributed by atoms with Gasteiger partial charge in [0.25, 0.3) is 5.91 Å². The zero-order chi connectivity index (χ0) is 14.0. The third-order valence-electron chi connectivity index (χ3n) is 2.74. The number of carbonyl (C=O) groups excluding carboxylic acids is 1. The molecule has 0 aliphatic carbocycles. The minimum absolute atomic E-state index is 0.285. The number of nitrogens with one attached hydrogen (secondary N) is 1. The van der Waals surface area contributed by atoms with Gasteiger partial charge in [-0.1, -0.05) is 29.8 Å². The monoisotopic (exact) mass is 338 g/mol. The minimum atomic E-state index is -0.285. The summed E-state index contributed by atoms with van der Waals surface area (Å²) in [5.41, 5.74) is 8.30. The van der Waals surface area contributed by atoms with Gasteiger partial charge in [0.05, 0.1) is 22.0 Å². The van der Waals surface area contributed by atoms with Gasteiger partial charge in [0.15, 0.2) is 0 Å². The van der Waals surface area contributed by atoms with Crippen LogP contribution in [0.4, 0.5) is 11.4 Å². The molecule has 0 unspecified atom stereocenters. The molecule has 1 amide bonds. The number of nitrogen functional groups attached to an aromatic ring is 1. The van der Waals surface area contributed by atoms with Crippen LogP contribution < -0.4 is 11.1 Å². The minimum Gasteiger partial charge on any atom is -0.397 e. The lowest BCUT2D eigenvalue weighted by Crippen LogP contribution is -2.14. The third-order valence-corrected chi connectivity index (χ3v) is 4.04. The molecule has 3 nitrogen and oxygen atoms in total. The summed E-state index contributed by atoms with van der Waals surface area (Å²) in [6.45, 7) is 1.88. The average Bonchev–Trinajstić information content (AvgIpc) is 2.37. The van der Waals surface area contributed by atoms with Gasteiger partial charge in [-0.05, 0) is 46.6 Å². The molecule has 2 aromatic carbocycles. The summed E-state index contributed by atoms with van der Waals surface area (Å²) in [5.74, 6) is -0.285. The molecule has 98 valence electrons. The Hall–Kier alpha value is -1.52. The van der Waals surface area contributed by atoms with E-state index < -0.39 is 0 Å². The van der Waals surface area contributed by atoms with Crippen LogP contribution in [0.1, 0.15) is 15.9 Å². The SMILES string of the molecule is Cc1cccc(N)c1NC(=O)c1cccc(Br)c1Cl. The Bertz CT molecular complexity index is 623. The van der Waals surface area contributed by atoms with Crippen molar-refractivity contribution in [3.05, 3.63) is 57.0 Å². The van der Waals surface area contributed by atoms with Crippen LogP contribution in [0.2, 0.25) is 5.02 Å². The second kappa shape index (κ2) is 5.63. The zero-order valence-corrected chi connectivity index (χ0v) is 12.5. The first-order valence-corrected chi connectivity index (χ1v) is 6.78. The number of carbonyl (C=O) groups is 1. The number of rotatable bonds is 2. The third kappa shape index (κ3) is 2.91. The molecule has 5 heteroatoms. The Balaban J connectivity index is 2.34. The Morgan fingerprint density at radius 2 is 1.95 bits per heavy atom. The van der Waals surface area contributed by atoms with Crippen molar-refractivity contribution in [2.75, 3.05) is 11.1 Å². The number of nitrogens with two attached hydrogens (primary N) is 1. The molecule has 19 heavy (non-hydrogen) atoms. The lowest BCUT2D eigenvalue weighted by molar-refractivity contribution is 0.102. The lowest BCUT2D eigenvalue weighted by atomic mass is 10.1. The molecular weight excluding hydrogens is 328 g/mol. The molecular formula is C14H12BrClN2O.